The van der Waals surface area contributed by atoms with E-state index in [0.717, 1.165) is 11.1 Å². The van der Waals surface area contributed by atoms with Gasteiger partial charge in [0.05, 0.1) is 27.4 Å². The van der Waals surface area contributed by atoms with Crippen molar-refractivity contribution in [1.29, 1.82) is 5.26 Å². The third kappa shape index (κ3) is 2.96. The molecule has 0 unspecified atom stereocenters. The van der Waals surface area contributed by atoms with Crippen molar-refractivity contribution in [1.82, 2.24) is 9.97 Å². The van der Waals surface area contributed by atoms with Gasteiger partial charge in [0.2, 0.25) is 5.95 Å². The lowest BCUT2D eigenvalue weighted by molar-refractivity contribution is 0.600. The molecule has 0 atom stereocenters. The molecule has 7 heteroatoms. The molecule has 2 aromatic carbocycles. The van der Waals surface area contributed by atoms with Crippen LogP contribution >= 0.6 is 0 Å². The van der Waals surface area contributed by atoms with Crippen LogP contribution in [0.15, 0.2) is 53.4 Å². The summed E-state index contributed by atoms with van der Waals surface area (Å²) in [5.41, 5.74) is 1.52. The Morgan fingerprint density at radius 2 is 1.79 bits per heavy atom. The fraction of sp³-hybridized carbons (Fsp3) is 0.176. The van der Waals surface area contributed by atoms with Crippen LogP contribution < -0.4 is 4.72 Å². The van der Waals surface area contributed by atoms with E-state index in [1.165, 1.54) is 12.1 Å². The number of aromatic nitrogens is 2. The maximum Gasteiger partial charge on any atom is 0.264 e. The number of benzene rings is 2. The van der Waals surface area contributed by atoms with Crippen LogP contribution in [0.2, 0.25) is 0 Å². The summed E-state index contributed by atoms with van der Waals surface area (Å²) in [5, 5.41) is 9.15. The first-order valence-corrected chi connectivity index (χ1v) is 8.79. The topological polar surface area (TPSA) is 98.6 Å². The number of nitrogens with zero attached hydrogens (tertiary/aromatic N) is 2. The zero-order chi connectivity index (χ0) is 17.4. The maximum atomic E-state index is 12.5. The van der Waals surface area contributed by atoms with Gasteiger partial charge in [-0.15, -0.1) is 0 Å². The molecule has 0 bridgehead atoms. The minimum absolute atomic E-state index is 0.112. The summed E-state index contributed by atoms with van der Waals surface area (Å²) in [7, 11) is -3.76. The molecule has 122 valence electrons. The smallest absolute Gasteiger partial charge is 0.264 e. The number of fused-ring (bicyclic) bond motifs is 1. The Balaban J connectivity index is 1.89. The molecule has 2 N–H and O–H groups in total. The lowest BCUT2D eigenvalue weighted by atomic mass is 9.87. The molecule has 0 saturated carbocycles. The normalized spacial score (nSPS) is 12.0. The van der Waals surface area contributed by atoms with Crippen molar-refractivity contribution in [3.63, 3.8) is 0 Å². The number of hydrogen-bond acceptors (Lipinski definition) is 4. The van der Waals surface area contributed by atoms with Crippen LogP contribution in [-0.4, -0.2) is 18.4 Å². The van der Waals surface area contributed by atoms with E-state index in [1.54, 1.807) is 32.0 Å². The Kier molecular flexibility index (Phi) is 3.78. The molecule has 0 aliphatic carbocycles. The molecule has 1 aromatic heterocycles. The van der Waals surface area contributed by atoms with Crippen LogP contribution in [0.25, 0.3) is 11.0 Å². The van der Waals surface area contributed by atoms with Gasteiger partial charge in [-0.3, -0.25) is 0 Å². The Bertz CT molecular complexity index is 995. The number of sulfonamides is 1. The molecule has 3 rings (SSSR count). The first-order valence-electron chi connectivity index (χ1n) is 7.31. The van der Waals surface area contributed by atoms with Crippen LogP contribution in [0.1, 0.15) is 19.4 Å². The van der Waals surface area contributed by atoms with E-state index in [1.807, 2.05) is 18.2 Å². The quantitative estimate of drug-likeness (QED) is 0.762. The fourth-order valence-electron chi connectivity index (χ4n) is 2.30. The van der Waals surface area contributed by atoms with E-state index in [2.05, 4.69) is 20.8 Å². The van der Waals surface area contributed by atoms with Crippen LogP contribution in [0.5, 0.6) is 0 Å². The van der Waals surface area contributed by atoms with Gasteiger partial charge in [-0.1, -0.05) is 24.3 Å². The zero-order valence-corrected chi connectivity index (χ0v) is 14.1. The van der Waals surface area contributed by atoms with Crippen molar-refractivity contribution in [2.24, 2.45) is 0 Å². The number of rotatable bonds is 4. The highest BCUT2D eigenvalue weighted by molar-refractivity contribution is 7.92. The largest absolute Gasteiger partial charge is 0.323 e. The van der Waals surface area contributed by atoms with Gasteiger partial charge in [0, 0.05) is 0 Å². The number of nitrogens with one attached hydrogen (secondary N) is 2. The van der Waals surface area contributed by atoms with Gasteiger partial charge in [-0.05, 0) is 43.7 Å². The van der Waals surface area contributed by atoms with E-state index in [0.29, 0.717) is 5.52 Å². The Hall–Kier alpha value is -2.85. The molecule has 0 amide bonds. The second-order valence-corrected chi connectivity index (χ2v) is 7.65. The molecule has 0 radical (unpaired) electrons. The molecule has 0 fully saturated rings. The molecule has 3 aromatic rings. The van der Waals surface area contributed by atoms with Gasteiger partial charge >= 0.3 is 0 Å². The summed E-state index contributed by atoms with van der Waals surface area (Å²) in [6.07, 6.45) is 0. The third-order valence-corrected chi connectivity index (χ3v) is 5.14. The first-order chi connectivity index (χ1) is 11.3. The molecule has 1 heterocycles. The molecular formula is C17H16N4O2S. The molecular weight excluding hydrogens is 324 g/mol. The molecule has 0 saturated heterocycles. The van der Waals surface area contributed by atoms with Crippen molar-refractivity contribution in [2.45, 2.75) is 24.2 Å². The van der Waals surface area contributed by atoms with E-state index in [9.17, 15) is 8.42 Å². The number of nitriles is 1. The zero-order valence-electron chi connectivity index (χ0n) is 13.2. The summed E-state index contributed by atoms with van der Waals surface area (Å²) < 4.78 is 27.4. The van der Waals surface area contributed by atoms with E-state index in [-0.39, 0.29) is 10.8 Å². The second kappa shape index (κ2) is 5.65. The van der Waals surface area contributed by atoms with Crippen LogP contribution in [0, 0.1) is 11.3 Å². The second-order valence-electron chi connectivity index (χ2n) is 5.97. The molecule has 0 aliphatic heterocycles. The van der Waals surface area contributed by atoms with E-state index >= 15 is 0 Å². The summed E-state index contributed by atoms with van der Waals surface area (Å²) in [6, 6.07) is 15.7. The lowest BCUT2D eigenvalue weighted by Crippen LogP contribution is -2.16. The van der Waals surface area contributed by atoms with Gasteiger partial charge in [-0.2, -0.15) is 5.26 Å². The Morgan fingerprint density at radius 3 is 2.42 bits per heavy atom. The van der Waals surface area contributed by atoms with Gasteiger partial charge in [0.15, 0.2) is 0 Å². The van der Waals surface area contributed by atoms with Gasteiger partial charge in [-0.25, -0.2) is 18.1 Å². The number of hydrogen-bond donors (Lipinski definition) is 2. The van der Waals surface area contributed by atoms with Crippen molar-refractivity contribution >= 4 is 27.0 Å². The first kappa shape index (κ1) is 16.0. The third-order valence-electron chi connectivity index (χ3n) is 3.79. The maximum absolute atomic E-state index is 12.5. The van der Waals surface area contributed by atoms with Crippen molar-refractivity contribution in [3.05, 3.63) is 54.1 Å². The standard InChI is InChI=1S/C17H16N4O2S/c1-17(2,11-18)12-7-9-13(10-8-12)24(22,23)21-16-19-14-5-3-4-6-15(14)20-16/h3-10H,1-2H3,(H2,19,20,21). The summed E-state index contributed by atoms with van der Waals surface area (Å²) in [6.45, 7) is 3.56. The number of para-hydroxylation sites is 2. The highest BCUT2D eigenvalue weighted by atomic mass is 32.2. The minimum Gasteiger partial charge on any atom is -0.323 e. The van der Waals surface area contributed by atoms with Gasteiger partial charge in [0.25, 0.3) is 10.0 Å². The van der Waals surface area contributed by atoms with Crippen LogP contribution in [0.4, 0.5) is 5.95 Å². The monoisotopic (exact) mass is 340 g/mol. The fourth-order valence-corrected chi connectivity index (χ4v) is 3.27. The average molecular weight is 340 g/mol. The predicted molar refractivity (Wildman–Crippen MR) is 92.0 cm³/mol. The number of imidazole rings is 1. The number of aromatic amines is 1. The van der Waals surface area contributed by atoms with Crippen LogP contribution in [-0.2, 0) is 15.4 Å². The highest BCUT2D eigenvalue weighted by Gasteiger charge is 2.21. The Labute approximate surface area is 140 Å². The summed E-state index contributed by atoms with van der Waals surface area (Å²) in [5.74, 6) is 0.164. The Morgan fingerprint density at radius 1 is 1.12 bits per heavy atom. The van der Waals surface area contributed by atoms with Crippen molar-refractivity contribution in [3.8, 4) is 6.07 Å². The van der Waals surface area contributed by atoms with E-state index < -0.39 is 15.4 Å². The predicted octanol–water partition coefficient (Wildman–Crippen LogP) is 3.16. The molecule has 24 heavy (non-hydrogen) atoms. The number of anilines is 1. The highest BCUT2D eigenvalue weighted by Crippen LogP contribution is 2.24. The molecule has 6 nitrogen and oxygen atoms in total. The number of H-pyrrole nitrogens is 1. The molecule has 0 aliphatic rings. The average Bonchev–Trinajstić information content (AvgIpc) is 2.96. The van der Waals surface area contributed by atoms with Crippen LogP contribution in [0.3, 0.4) is 0 Å². The summed E-state index contributed by atoms with van der Waals surface area (Å²) in [4.78, 5) is 7.24. The summed E-state index contributed by atoms with van der Waals surface area (Å²) >= 11 is 0. The lowest BCUT2D eigenvalue weighted by Gasteiger charge is -2.16. The van der Waals surface area contributed by atoms with Crippen molar-refractivity contribution < 1.29 is 8.42 Å². The van der Waals surface area contributed by atoms with E-state index in [4.69, 9.17) is 5.26 Å². The van der Waals surface area contributed by atoms with Gasteiger partial charge < -0.3 is 4.98 Å². The SMILES string of the molecule is CC(C)(C#N)c1ccc(S(=O)(=O)Nc2nc3ccccc3[nH]2)cc1. The molecule has 0 spiro atoms. The van der Waals surface area contributed by atoms with Gasteiger partial charge in [0.1, 0.15) is 0 Å². The minimum atomic E-state index is -3.76. The van der Waals surface area contributed by atoms with Crippen molar-refractivity contribution in [2.75, 3.05) is 4.72 Å².